The maximum atomic E-state index is 13.0. The van der Waals surface area contributed by atoms with E-state index in [1.807, 2.05) is 36.4 Å². The van der Waals surface area contributed by atoms with Gasteiger partial charge in [-0.15, -0.1) is 0 Å². The number of carbonyl (C=O) groups excluding carboxylic acids is 2. The summed E-state index contributed by atoms with van der Waals surface area (Å²) >= 11 is 0. The van der Waals surface area contributed by atoms with Gasteiger partial charge in [0.2, 0.25) is 0 Å². The maximum absolute atomic E-state index is 13.0. The first-order valence-corrected chi connectivity index (χ1v) is 8.90. The number of rotatable bonds is 5. The molecule has 2 amide bonds. The molecule has 0 saturated heterocycles. The number of hydrogen-bond donors (Lipinski definition) is 0. The predicted molar refractivity (Wildman–Crippen MR) is 106 cm³/mol. The van der Waals surface area contributed by atoms with Gasteiger partial charge in [0.1, 0.15) is 11.6 Å². The summed E-state index contributed by atoms with van der Waals surface area (Å²) in [4.78, 5) is 37.2. The van der Waals surface area contributed by atoms with Crippen LogP contribution in [0.25, 0.3) is 6.08 Å². The Morgan fingerprint density at radius 2 is 1.83 bits per heavy atom. The Morgan fingerprint density at radius 1 is 1.10 bits per heavy atom. The van der Waals surface area contributed by atoms with Crippen molar-refractivity contribution < 1.29 is 14.5 Å². The van der Waals surface area contributed by atoms with Crippen LogP contribution in [0.4, 0.5) is 5.69 Å². The zero-order valence-corrected chi connectivity index (χ0v) is 15.7. The van der Waals surface area contributed by atoms with E-state index in [0.717, 1.165) is 10.5 Å². The molecule has 7 heteroatoms. The molecule has 1 aliphatic rings. The highest BCUT2D eigenvalue weighted by molar-refractivity contribution is 6.19. The summed E-state index contributed by atoms with van der Waals surface area (Å²) in [5.74, 6) is -1.14. The van der Waals surface area contributed by atoms with Gasteiger partial charge in [0.15, 0.2) is 0 Å². The van der Waals surface area contributed by atoms with Gasteiger partial charge in [0.05, 0.1) is 4.92 Å². The van der Waals surface area contributed by atoms with Crippen LogP contribution in [0, 0.1) is 21.4 Å². The van der Waals surface area contributed by atoms with Gasteiger partial charge in [-0.25, -0.2) is 0 Å². The summed E-state index contributed by atoms with van der Waals surface area (Å²) in [6, 6.07) is 17.1. The Hall–Kier alpha value is -4.05. The van der Waals surface area contributed by atoms with Crippen LogP contribution in [0.1, 0.15) is 18.1 Å². The molecule has 7 nitrogen and oxygen atoms in total. The lowest BCUT2D eigenvalue weighted by Crippen LogP contribution is -2.43. The molecule has 0 N–H and O–H groups in total. The Labute approximate surface area is 167 Å². The van der Waals surface area contributed by atoms with E-state index in [4.69, 9.17) is 0 Å². The molecule has 2 aromatic rings. The second-order valence-corrected chi connectivity index (χ2v) is 6.52. The van der Waals surface area contributed by atoms with Crippen molar-refractivity contribution in [2.24, 2.45) is 0 Å². The van der Waals surface area contributed by atoms with Crippen molar-refractivity contribution in [3.05, 3.63) is 92.6 Å². The minimum atomic E-state index is -0.623. The molecular formula is C22H17N3O4. The lowest BCUT2D eigenvalue weighted by atomic mass is 9.93. The van der Waals surface area contributed by atoms with Crippen LogP contribution in [0.2, 0.25) is 0 Å². The minimum Gasteiger partial charge on any atom is -0.273 e. The predicted octanol–water partition coefficient (Wildman–Crippen LogP) is 3.43. The van der Waals surface area contributed by atoms with Crippen LogP contribution in [-0.2, 0) is 16.0 Å². The minimum absolute atomic E-state index is 0.102. The Balaban J connectivity index is 1.98. The topological polar surface area (TPSA) is 104 Å². The summed E-state index contributed by atoms with van der Waals surface area (Å²) in [6.45, 7) is 1.67. The number of benzene rings is 2. The molecule has 0 spiro atoms. The fourth-order valence-electron chi connectivity index (χ4n) is 3.11. The number of nitrogens with zero attached hydrogens (tertiary/aromatic N) is 3. The highest BCUT2D eigenvalue weighted by atomic mass is 16.6. The second kappa shape index (κ2) is 8.31. The Morgan fingerprint density at radius 3 is 2.48 bits per heavy atom. The highest BCUT2D eigenvalue weighted by Crippen LogP contribution is 2.28. The molecule has 0 unspecified atom stereocenters. The second-order valence-electron chi connectivity index (χ2n) is 6.52. The summed E-state index contributed by atoms with van der Waals surface area (Å²) in [5, 5.41) is 20.4. The van der Waals surface area contributed by atoms with Crippen molar-refractivity contribution in [3.8, 4) is 6.07 Å². The number of non-ortho nitro benzene ring substituents is 1. The molecule has 2 aromatic carbocycles. The Bertz CT molecular complexity index is 1090. The van der Waals surface area contributed by atoms with E-state index in [9.17, 15) is 25.0 Å². The van der Waals surface area contributed by atoms with Crippen molar-refractivity contribution in [1.82, 2.24) is 4.90 Å². The molecule has 3 rings (SSSR count). The zero-order valence-electron chi connectivity index (χ0n) is 15.7. The average Bonchev–Trinajstić information content (AvgIpc) is 2.72. The lowest BCUT2D eigenvalue weighted by molar-refractivity contribution is -0.384. The number of amides is 2. The van der Waals surface area contributed by atoms with Gasteiger partial charge in [-0.3, -0.25) is 24.6 Å². The standard InChI is InChI=1S/C22H17N3O4/c1-15-19(13-17-8-5-9-18(12-17)25(28)29)21(26)24(22(27)20(15)14-23)11-10-16-6-3-2-4-7-16/h2-9,12-13H,10-11H2,1H3/b19-13-. The maximum Gasteiger partial charge on any atom is 0.271 e. The molecule has 0 saturated carbocycles. The van der Waals surface area contributed by atoms with Crippen molar-refractivity contribution in [3.63, 3.8) is 0 Å². The van der Waals surface area contributed by atoms with Crippen molar-refractivity contribution >= 4 is 23.6 Å². The number of nitro groups is 1. The van der Waals surface area contributed by atoms with E-state index >= 15 is 0 Å². The largest absolute Gasteiger partial charge is 0.273 e. The van der Waals surface area contributed by atoms with E-state index in [-0.39, 0.29) is 29.0 Å². The van der Waals surface area contributed by atoms with Crippen LogP contribution >= 0.6 is 0 Å². The third-order valence-electron chi connectivity index (χ3n) is 4.68. The number of imide groups is 1. The normalized spacial score (nSPS) is 15.6. The molecule has 0 aromatic heterocycles. The van der Waals surface area contributed by atoms with Gasteiger partial charge in [0, 0.05) is 24.3 Å². The number of carbonyl (C=O) groups is 2. The monoisotopic (exact) mass is 387 g/mol. The van der Waals surface area contributed by atoms with Crippen LogP contribution in [0.5, 0.6) is 0 Å². The molecular weight excluding hydrogens is 370 g/mol. The van der Waals surface area contributed by atoms with Crippen LogP contribution in [0.15, 0.2) is 71.3 Å². The molecule has 1 heterocycles. The lowest BCUT2D eigenvalue weighted by Gasteiger charge is -2.27. The van der Waals surface area contributed by atoms with E-state index in [1.165, 1.54) is 31.2 Å². The van der Waals surface area contributed by atoms with Gasteiger partial charge in [-0.1, -0.05) is 42.5 Å². The van der Waals surface area contributed by atoms with Crippen LogP contribution < -0.4 is 0 Å². The number of nitriles is 1. The van der Waals surface area contributed by atoms with Crippen LogP contribution in [0.3, 0.4) is 0 Å². The SMILES string of the molecule is CC1=C(C#N)C(=O)N(CCc2ccccc2)C(=O)/C1=C\c1cccc([N+](=O)[O-])c1. The molecule has 0 atom stereocenters. The molecule has 0 aliphatic carbocycles. The quantitative estimate of drug-likeness (QED) is 0.338. The van der Waals surface area contributed by atoms with Crippen molar-refractivity contribution in [2.75, 3.05) is 6.54 Å². The van der Waals surface area contributed by atoms with Gasteiger partial charge < -0.3 is 0 Å². The van der Waals surface area contributed by atoms with E-state index in [1.54, 1.807) is 6.07 Å². The highest BCUT2D eigenvalue weighted by Gasteiger charge is 2.35. The molecule has 0 radical (unpaired) electrons. The number of hydrogen-bond acceptors (Lipinski definition) is 5. The van der Waals surface area contributed by atoms with E-state index in [0.29, 0.717) is 12.0 Å². The first kappa shape index (κ1) is 19.7. The molecule has 144 valence electrons. The average molecular weight is 387 g/mol. The van der Waals surface area contributed by atoms with Gasteiger partial charge in [-0.05, 0) is 36.1 Å². The van der Waals surface area contributed by atoms with Crippen molar-refractivity contribution in [1.29, 1.82) is 5.26 Å². The van der Waals surface area contributed by atoms with Crippen LogP contribution in [-0.4, -0.2) is 28.2 Å². The summed E-state index contributed by atoms with van der Waals surface area (Å²) in [7, 11) is 0. The first-order valence-electron chi connectivity index (χ1n) is 8.90. The van der Waals surface area contributed by atoms with E-state index in [2.05, 4.69) is 0 Å². The van der Waals surface area contributed by atoms with Gasteiger partial charge in [0.25, 0.3) is 17.5 Å². The van der Waals surface area contributed by atoms with E-state index < -0.39 is 16.7 Å². The number of nitro benzene ring substituents is 1. The summed E-state index contributed by atoms with van der Waals surface area (Å²) in [5.41, 5.74) is 1.63. The fraction of sp³-hybridized carbons (Fsp3) is 0.136. The third kappa shape index (κ3) is 4.12. The molecule has 0 fully saturated rings. The summed E-state index contributed by atoms with van der Waals surface area (Å²) in [6.07, 6.45) is 1.93. The molecule has 1 aliphatic heterocycles. The molecule has 29 heavy (non-hydrogen) atoms. The zero-order chi connectivity index (χ0) is 21.0. The van der Waals surface area contributed by atoms with Gasteiger partial charge >= 0.3 is 0 Å². The van der Waals surface area contributed by atoms with Gasteiger partial charge in [-0.2, -0.15) is 5.26 Å². The smallest absolute Gasteiger partial charge is 0.271 e. The first-order chi connectivity index (χ1) is 13.9. The Kier molecular flexibility index (Phi) is 5.65. The third-order valence-corrected chi connectivity index (χ3v) is 4.68. The van der Waals surface area contributed by atoms with Crippen molar-refractivity contribution in [2.45, 2.75) is 13.3 Å². The molecule has 0 bridgehead atoms. The summed E-state index contributed by atoms with van der Waals surface area (Å²) < 4.78 is 0. The fourth-order valence-corrected chi connectivity index (χ4v) is 3.11.